The smallest absolute Gasteiger partial charge is 0.145 e. The summed E-state index contributed by atoms with van der Waals surface area (Å²) in [5.41, 5.74) is 2.63. The molecule has 7 heteroatoms. The number of nitrogen functional groups attached to an aromatic ring is 1. The molecule has 4 N–H and O–H groups in total. The Balaban J connectivity index is 1.54. The van der Waals surface area contributed by atoms with Gasteiger partial charge in [0, 0.05) is 49.7 Å². The molecule has 1 aromatic heterocycles. The van der Waals surface area contributed by atoms with Gasteiger partial charge in [-0.2, -0.15) is 11.8 Å². The molecular weight excluding hydrogens is 272 g/mol. The predicted molar refractivity (Wildman–Crippen MR) is 84.1 cm³/mol. The topological polar surface area (TPSA) is 79.1 Å². The molecule has 1 aliphatic heterocycles. The SMILES string of the molecule is NNc1cc(NCCN2CCSCC2)nc(C2CC2)n1. The molecule has 20 heavy (non-hydrogen) atoms. The van der Waals surface area contributed by atoms with E-state index in [2.05, 4.69) is 25.6 Å². The van der Waals surface area contributed by atoms with Crippen molar-refractivity contribution in [2.24, 2.45) is 5.84 Å². The van der Waals surface area contributed by atoms with Gasteiger partial charge in [-0.3, -0.25) is 4.90 Å². The largest absolute Gasteiger partial charge is 0.369 e. The van der Waals surface area contributed by atoms with Gasteiger partial charge < -0.3 is 10.7 Å². The molecule has 2 heterocycles. The van der Waals surface area contributed by atoms with E-state index in [9.17, 15) is 0 Å². The molecule has 0 radical (unpaired) electrons. The van der Waals surface area contributed by atoms with Crippen LogP contribution in [0, 0.1) is 0 Å². The van der Waals surface area contributed by atoms with Crippen LogP contribution in [-0.4, -0.2) is 52.6 Å². The highest BCUT2D eigenvalue weighted by atomic mass is 32.2. The molecule has 0 amide bonds. The zero-order valence-corrected chi connectivity index (χ0v) is 12.5. The molecule has 110 valence electrons. The average molecular weight is 294 g/mol. The van der Waals surface area contributed by atoms with Crippen molar-refractivity contribution in [2.45, 2.75) is 18.8 Å². The van der Waals surface area contributed by atoms with Crippen LogP contribution in [0.2, 0.25) is 0 Å². The summed E-state index contributed by atoms with van der Waals surface area (Å²) in [6.07, 6.45) is 2.39. The van der Waals surface area contributed by atoms with Gasteiger partial charge in [-0.15, -0.1) is 0 Å². The van der Waals surface area contributed by atoms with E-state index in [0.29, 0.717) is 11.7 Å². The molecule has 1 aromatic rings. The van der Waals surface area contributed by atoms with E-state index in [0.717, 1.165) is 24.7 Å². The van der Waals surface area contributed by atoms with Crippen molar-refractivity contribution in [3.8, 4) is 0 Å². The lowest BCUT2D eigenvalue weighted by Crippen LogP contribution is -2.36. The zero-order valence-electron chi connectivity index (χ0n) is 11.6. The van der Waals surface area contributed by atoms with E-state index in [1.54, 1.807) is 0 Å². The Kier molecular flexibility index (Phi) is 4.59. The first-order chi connectivity index (χ1) is 9.85. The summed E-state index contributed by atoms with van der Waals surface area (Å²) in [7, 11) is 0. The lowest BCUT2D eigenvalue weighted by Gasteiger charge is -2.26. The first-order valence-corrected chi connectivity index (χ1v) is 8.40. The normalized spacial score (nSPS) is 19.9. The van der Waals surface area contributed by atoms with E-state index in [1.807, 2.05) is 17.8 Å². The van der Waals surface area contributed by atoms with Crippen molar-refractivity contribution >= 4 is 23.4 Å². The van der Waals surface area contributed by atoms with E-state index in [-0.39, 0.29) is 0 Å². The van der Waals surface area contributed by atoms with Gasteiger partial charge in [0.05, 0.1) is 0 Å². The van der Waals surface area contributed by atoms with Crippen LogP contribution >= 0.6 is 11.8 Å². The van der Waals surface area contributed by atoms with Crippen molar-refractivity contribution in [1.29, 1.82) is 0 Å². The van der Waals surface area contributed by atoms with Crippen molar-refractivity contribution in [2.75, 3.05) is 48.4 Å². The van der Waals surface area contributed by atoms with Crippen LogP contribution in [0.25, 0.3) is 0 Å². The van der Waals surface area contributed by atoms with Crippen molar-refractivity contribution < 1.29 is 0 Å². The number of thioether (sulfide) groups is 1. The molecule has 2 fully saturated rings. The second-order valence-corrected chi connectivity index (χ2v) is 6.52. The minimum Gasteiger partial charge on any atom is -0.369 e. The Hall–Kier alpha value is -1.05. The molecule has 1 saturated carbocycles. The maximum Gasteiger partial charge on any atom is 0.145 e. The summed E-state index contributed by atoms with van der Waals surface area (Å²) < 4.78 is 0. The highest BCUT2D eigenvalue weighted by Crippen LogP contribution is 2.38. The fraction of sp³-hybridized carbons (Fsp3) is 0.692. The molecule has 6 nitrogen and oxygen atoms in total. The summed E-state index contributed by atoms with van der Waals surface area (Å²) in [5.74, 6) is 11.0. The first-order valence-electron chi connectivity index (χ1n) is 7.25. The van der Waals surface area contributed by atoms with Crippen LogP contribution in [0.1, 0.15) is 24.6 Å². The highest BCUT2D eigenvalue weighted by Gasteiger charge is 2.27. The summed E-state index contributed by atoms with van der Waals surface area (Å²) in [4.78, 5) is 11.5. The maximum atomic E-state index is 5.48. The number of aromatic nitrogens is 2. The highest BCUT2D eigenvalue weighted by molar-refractivity contribution is 7.99. The van der Waals surface area contributed by atoms with Gasteiger partial charge in [0.1, 0.15) is 17.5 Å². The van der Waals surface area contributed by atoms with Gasteiger partial charge >= 0.3 is 0 Å². The third kappa shape index (κ3) is 3.74. The Morgan fingerprint density at radius 1 is 1.25 bits per heavy atom. The number of rotatable bonds is 6. The number of nitrogens with two attached hydrogens (primary N) is 1. The van der Waals surface area contributed by atoms with Crippen LogP contribution in [0.4, 0.5) is 11.6 Å². The minimum absolute atomic E-state index is 0.531. The molecule has 3 rings (SSSR count). The fourth-order valence-electron chi connectivity index (χ4n) is 2.32. The van der Waals surface area contributed by atoms with Crippen LogP contribution in [0.5, 0.6) is 0 Å². The summed E-state index contributed by atoms with van der Waals surface area (Å²) >= 11 is 2.04. The van der Waals surface area contributed by atoms with Crippen molar-refractivity contribution in [3.05, 3.63) is 11.9 Å². The molecule has 0 bridgehead atoms. The van der Waals surface area contributed by atoms with Gasteiger partial charge in [-0.1, -0.05) is 0 Å². The number of hydrogen-bond acceptors (Lipinski definition) is 7. The van der Waals surface area contributed by atoms with Gasteiger partial charge in [0.25, 0.3) is 0 Å². The number of anilines is 2. The molecular formula is C13H22N6S. The Labute approximate surface area is 123 Å². The molecule has 2 aliphatic rings. The second-order valence-electron chi connectivity index (χ2n) is 5.30. The van der Waals surface area contributed by atoms with Crippen molar-refractivity contribution in [1.82, 2.24) is 14.9 Å². The molecule has 1 saturated heterocycles. The fourth-order valence-corrected chi connectivity index (χ4v) is 3.30. The van der Waals surface area contributed by atoms with Crippen molar-refractivity contribution in [3.63, 3.8) is 0 Å². The maximum absolute atomic E-state index is 5.48. The molecule has 0 unspecified atom stereocenters. The van der Waals surface area contributed by atoms with Crippen LogP contribution < -0.4 is 16.6 Å². The Bertz CT molecular complexity index is 444. The van der Waals surface area contributed by atoms with Gasteiger partial charge in [-0.05, 0) is 12.8 Å². The zero-order chi connectivity index (χ0) is 13.8. The van der Waals surface area contributed by atoms with Gasteiger partial charge in [-0.25, -0.2) is 15.8 Å². The number of nitrogens with one attached hydrogen (secondary N) is 2. The van der Waals surface area contributed by atoms with E-state index in [4.69, 9.17) is 5.84 Å². The third-order valence-electron chi connectivity index (χ3n) is 3.67. The minimum atomic E-state index is 0.531. The summed E-state index contributed by atoms with van der Waals surface area (Å²) in [6.45, 7) is 4.36. The molecule has 0 atom stereocenters. The van der Waals surface area contributed by atoms with E-state index >= 15 is 0 Å². The molecule has 1 aliphatic carbocycles. The van der Waals surface area contributed by atoms with Gasteiger partial charge in [0.15, 0.2) is 0 Å². The molecule has 0 spiro atoms. The summed E-state index contributed by atoms with van der Waals surface area (Å²) in [5, 5.41) is 3.39. The van der Waals surface area contributed by atoms with E-state index in [1.165, 1.54) is 37.4 Å². The first kappa shape index (κ1) is 13.9. The Morgan fingerprint density at radius 3 is 2.70 bits per heavy atom. The van der Waals surface area contributed by atoms with E-state index < -0.39 is 0 Å². The predicted octanol–water partition coefficient (Wildman–Crippen LogP) is 1.10. The lowest BCUT2D eigenvalue weighted by atomic mass is 10.3. The second kappa shape index (κ2) is 6.60. The summed E-state index contributed by atoms with van der Waals surface area (Å²) in [6, 6.07) is 1.87. The van der Waals surface area contributed by atoms with Crippen LogP contribution in [-0.2, 0) is 0 Å². The van der Waals surface area contributed by atoms with Crippen LogP contribution in [0.3, 0.4) is 0 Å². The monoisotopic (exact) mass is 294 g/mol. The average Bonchev–Trinajstić information content (AvgIpc) is 3.33. The van der Waals surface area contributed by atoms with Gasteiger partial charge in [0.2, 0.25) is 0 Å². The lowest BCUT2D eigenvalue weighted by molar-refractivity contribution is 0.314. The molecule has 0 aromatic carbocycles. The number of nitrogens with zero attached hydrogens (tertiary/aromatic N) is 3. The standard InChI is InChI=1S/C13H22N6S/c14-18-12-9-11(16-13(17-12)10-1-2-10)15-3-4-19-5-7-20-8-6-19/h9-10H,1-8,14H2,(H2,15,16,17,18). The third-order valence-corrected chi connectivity index (χ3v) is 4.61. The number of hydrogen-bond donors (Lipinski definition) is 3. The number of hydrazine groups is 1. The Morgan fingerprint density at radius 2 is 2.00 bits per heavy atom. The quantitative estimate of drug-likeness (QED) is 0.535. The van der Waals surface area contributed by atoms with Crippen LogP contribution in [0.15, 0.2) is 6.07 Å².